The predicted molar refractivity (Wildman–Crippen MR) is 121 cm³/mol. The summed E-state index contributed by atoms with van der Waals surface area (Å²) in [5, 5.41) is 9.02. The second-order valence-corrected chi connectivity index (χ2v) is 7.34. The summed E-state index contributed by atoms with van der Waals surface area (Å²) in [6, 6.07) is 16.5. The van der Waals surface area contributed by atoms with E-state index in [2.05, 4.69) is 0 Å². The first-order valence-electron chi connectivity index (χ1n) is 10.1. The Morgan fingerprint density at radius 2 is 1.71 bits per heavy atom. The number of carboxylic acids is 1. The van der Waals surface area contributed by atoms with Crippen LogP contribution in [0.25, 0.3) is 0 Å². The molecule has 9 heteroatoms. The van der Waals surface area contributed by atoms with E-state index in [0.717, 1.165) is 5.75 Å². The molecule has 8 nitrogen and oxygen atoms in total. The second kappa shape index (κ2) is 10.4. The van der Waals surface area contributed by atoms with Gasteiger partial charge in [-0.2, -0.15) is 0 Å². The molecule has 0 aliphatic carbocycles. The van der Waals surface area contributed by atoms with E-state index >= 15 is 0 Å². The number of anilines is 1. The van der Waals surface area contributed by atoms with Crippen molar-refractivity contribution in [1.29, 1.82) is 0 Å². The molecule has 3 aromatic carbocycles. The molecular formula is C25H21FN2O6. The van der Waals surface area contributed by atoms with Crippen molar-refractivity contribution in [3.05, 3.63) is 94.8 Å². The molecule has 3 N–H and O–H groups in total. The number of benzene rings is 3. The molecule has 0 saturated carbocycles. The Morgan fingerprint density at radius 1 is 1.03 bits per heavy atom. The number of carbonyl (C=O) groups excluding carboxylic acids is 3. The number of rotatable bonds is 5. The van der Waals surface area contributed by atoms with Crippen molar-refractivity contribution in [1.82, 2.24) is 0 Å². The van der Waals surface area contributed by atoms with Crippen LogP contribution in [-0.2, 0) is 11.3 Å². The van der Waals surface area contributed by atoms with Gasteiger partial charge in [0, 0.05) is 11.1 Å². The van der Waals surface area contributed by atoms with Gasteiger partial charge in [0.2, 0.25) is 11.8 Å². The molecule has 0 spiro atoms. The highest BCUT2D eigenvalue weighted by Crippen LogP contribution is 2.30. The molecule has 0 radical (unpaired) electrons. The lowest BCUT2D eigenvalue weighted by molar-refractivity contribution is -0.118. The van der Waals surface area contributed by atoms with Gasteiger partial charge in [-0.05, 0) is 60.2 Å². The van der Waals surface area contributed by atoms with E-state index in [1.165, 1.54) is 35.2 Å². The quantitative estimate of drug-likeness (QED) is 0.557. The number of carboxylic acid groups (broad SMARTS) is 1. The first-order valence-corrected chi connectivity index (χ1v) is 10.1. The number of methoxy groups -OCH3 is 1. The summed E-state index contributed by atoms with van der Waals surface area (Å²) in [4.78, 5) is 47.2. The van der Waals surface area contributed by atoms with Gasteiger partial charge in [0.25, 0.3) is 0 Å². The number of nitrogens with zero attached hydrogens (tertiary/aromatic N) is 1. The van der Waals surface area contributed by atoms with Crippen molar-refractivity contribution in [2.24, 2.45) is 5.73 Å². The minimum atomic E-state index is -1.14. The van der Waals surface area contributed by atoms with Gasteiger partial charge in [0.1, 0.15) is 11.6 Å². The van der Waals surface area contributed by atoms with Crippen LogP contribution in [0.4, 0.5) is 10.1 Å². The van der Waals surface area contributed by atoms with Gasteiger partial charge in [-0.25, -0.2) is 9.18 Å². The number of primary amides is 1. The lowest BCUT2D eigenvalue weighted by atomic mass is 9.97. The van der Waals surface area contributed by atoms with Crippen LogP contribution in [0.3, 0.4) is 0 Å². The van der Waals surface area contributed by atoms with Gasteiger partial charge in [-0.1, -0.05) is 12.1 Å². The molecule has 0 unspecified atom stereocenters. The van der Waals surface area contributed by atoms with Gasteiger partial charge >= 0.3 is 5.97 Å². The number of ketones is 1. The second-order valence-electron chi connectivity index (χ2n) is 7.34. The SMILES string of the molecule is COc1ccc(C(N)=O)cc1.O=C(O)c1ccc2c(c1)C(=O)CC(=O)N2Cc1cccc(F)c1. The number of ether oxygens (including phenoxy) is 1. The Kier molecular flexibility index (Phi) is 7.37. The van der Waals surface area contributed by atoms with Crippen LogP contribution < -0.4 is 15.4 Å². The molecule has 0 aromatic heterocycles. The molecule has 2 amide bonds. The van der Waals surface area contributed by atoms with E-state index in [4.69, 9.17) is 15.6 Å². The summed E-state index contributed by atoms with van der Waals surface area (Å²) < 4.78 is 18.2. The topological polar surface area (TPSA) is 127 Å². The normalized spacial score (nSPS) is 12.4. The van der Waals surface area contributed by atoms with Crippen LogP contribution in [-0.4, -0.2) is 35.8 Å². The van der Waals surface area contributed by atoms with Crippen LogP contribution in [0.2, 0.25) is 0 Å². The average Bonchev–Trinajstić information content (AvgIpc) is 2.82. The molecule has 1 aliphatic rings. The van der Waals surface area contributed by atoms with Crippen LogP contribution in [0.5, 0.6) is 5.75 Å². The predicted octanol–water partition coefficient (Wildman–Crippen LogP) is 3.44. The molecule has 1 aliphatic heterocycles. The highest BCUT2D eigenvalue weighted by Gasteiger charge is 2.30. The van der Waals surface area contributed by atoms with Crippen molar-refractivity contribution in [2.45, 2.75) is 13.0 Å². The number of fused-ring (bicyclic) bond motifs is 1. The zero-order valence-electron chi connectivity index (χ0n) is 18.2. The molecule has 4 rings (SSSR count). The lowest BCUT2D eigenvalue weighted by Crippen LogP contribution is -2.37. The molecular weight excluding hydrogens is 443 g/mol. The molecule has 34 heavy (non-hydrogen) atoms. The summed E-state index contributed by atoms with van der Waals surface area (Å²) >= 11 is 0. The monoisotopic (exact) mass is 464 g/mol. The average molecular weight is 464 g/mol. The molecule has 3 aromatic rings. The lowest BCUT2D eigenvalue weighted by Gasteiger charge is -2.29. The van der Waals surface area contributed by atoms with Crippen LogP contribution >= 0.6 is 0 Å². The van der Waals surface area contributed by atoms with Gasteiger partial charge in [-0.15, -0.1) is 0 Å². The molecule has 0 bridgehead atoms. The van der Waals surface area contributed by atoms with Gasteiger partial charge in [0.15, 0.2) is 5.78 Å². The Hall–Kier alpha value is -4.53. The fourth-order valence-corrected chi connectivity index (χ4v) is 3.34. The third-order valence-corrected chi connectivity index (χ3v) is 5.05. The summed E-state index contributed by atoms with van der Waals surface area (Å²) in [5.74, 6) is -2.07. The van der Waals surface area contributed by atoms with Crippen molar-refractivity contribution in [2.75, 3.05) is 12.0 Å². The van der Waals surface area contributed by atoms with Gasteiger partial charge < -0.3 is 20.5 Å². The first-order chi connectivity index (χ1) is 16.2. The molecule has 0 saturated heterocycles. The van der Waals surface area contributed by atoms with Crippen molar-refractivity contribution in [3.63, 3.8) is 0 Å². The third-order valence-electron chi connectivity index (χ3n) is 5.05. The van der Waals surface area contributed by atoms with E-state index < -0.39 is 29.4 Å². The third kappa shape index (κ3) is 5.63. The Bertz CT molecular complexity index is 1260. The van der Waals surface area contributed by atoms with E-state index in [1.807, 2.05) is 0 Å². The summed E-state index contributed by atoms with van der Waals surface area (Å²) in [6.07, 6.45) is -0.328. The largest absolute Gasteiger partial charge is 0.497 e. The number of amides is 2. The van der Waals surface area contributed by atoms with Gasteiger partial charge in [0.05, 0.1) is 31.3 Å². The highest BCUT2D eigenvalue weighted by atomic mass is 19.1. The van der Waals surface area contributed by atoms with Crippen molar-refractivity contribution >= 4 is 29.3 Å². The maximum atomic E-state index is 13.3. The molecule has 0 fully saturated rings. The van der Waals surface area contributed by atoms with Crippen molar-refractivity contribution in [3.8, 4) is 5.75 Å². The summed E-state index contributed by atoms with van der Waals surface area (Å²) in [5.41, 5.74) is 6.63. The number of carbonyl (C=O) groups is 4. The maximum absolute atomic E-state index is 13.3. The number of hydrogen-bond acceptors (Lipinski definition) is 5. The number of hydrogen-bond donors (Lipinski definition) is 2. The van der Waals surface area contributed by atoms with Gasteiger partial charge in [-0.3, -0.25) is 14.4 Å². The fourth-order valence-electron chi connectivity index (χ4n) is 3.34. The zero-order valence-corrected chi connectivity index (χ0v) is 18.2. The fraction of sp³-hybridized carbons (Fsp3) is 0.120. The number of nitrogens with two attached hydrogens (primary N) is 1. The Balaban J connectivity index is 0.000000248. The number of Topliss-reactive ketones (excluding diaryl/α,β-unsaturated/α-hetero) is 1. The Labute approximate surface area is 194 Å². The molecule has 1 heterocycles. The van der Waals surface area contributed by atoms with E-state index in [-0.39, 0.29) is 24.1 Å². The first kappa shape index (κ1) is 24.1. The van der Waals surface area contributed by atoms with E-state index in [1.54, 1.807) is 43.5 Å². The van der Waals surface area contributed by atoms with E-state index in [0.29, 0.717) is 16.8 Å². The summed E-state index contributed by atoms with van der Waals surface area (Å²) in [7, 11) is 1.57. The Morgan fingerprint density at radius 3 is 2.29 bits per heavy atom. The minimum absolute atomic E-state index is 0.0165. The van der Waals surface area contributed by atoms with Crippen LogP contribution in [0, 0.1) is 5.82 Å². The smallest absolute Gasteiger partial charge is 0.335 e. The standard InChI is InChI=1S/C17H12FNO4.C8H9NO2/c18-12-3-1-2-10(6-12)9-19-14-5-4-11(17(22)23)7-13(14)15(20)8-16(19)21;1-11-7-4-2-6(3-5-7)8(9)10/h1-7H,8-9H2,(H,22,23);2-5H,1H3,(H2,9,10). The van der Waals surface area contributed by atoms with E-state index in [9.17, 15) is 23.6 Å². The minimum Gasteiger partial charge on any atom is -0.497 e. The molecule has 0 atom stereocenters. The highest BCUT2D eigenvalue weighted by molar-refractivity contribution is 6.20. The zero-order chi connectivity index (χ0) is 24.8. The maximum Gasteiger partial charge on any atom is 0.335 e. The van der Waals surface area contributed by atoms with Crippen molar-refractivity contribution < 1.29 is 33.4 Å². The van der Waals surface area contributed by atoms with Crippen LogP contribution in [0.15, 0.2) is 66.7 Å². The van der Waals surface area contributed by atoms with Crippen LogP contribution in [0.1, 0.15) is 43.1 Å². The number of aromatic carboxylic acids is 1. The number of halogens is 1. The summed E-state index contributed by atoms with van der Waals surface area (Å²) in [6.45, 7) is 0.114. The molecule has 174 valence electrons.